The minimum Gasteiger partial charge on any atom is -0.376 e. The molecule has 142 valence electrons. The number of para-hydroxylation sites is 3. The lowest BCUT2D eigenvalue weighted by Crippen LogP contribution is -2.32. The molecule has 0 radical (unpaired) electrons. The van der Waals surface area contributed by atoms with Gasteiger partial charge in [0, 0.05) is 13.2 Å². The van der Waals surface area contributed by atoms with Gasteiger partial charge in [0.25, 0.3) is 11.8 Å². The normalized spacial score (nSPS) is 16.1. The predicted octanol–water partition coefficient (Wildman–Crippen LogP) is 2.79. The fourth-order valence-corrected chi connectivity index (χ4v) is 3.15. The summed E-state index contributed by atoms with van der Waals surface area (Å²) in [5.41, 5.74) is 2.36. The number of carbonyl (C=O) groups is 2. The van der Waals surface area contributed by atoms with E-state index in [1.54, 1.807) is 30.3 Å². The number of carbonyl (C=O) groups excluding carboxylic acids is 2. The number of fused-ring (bicyclic) bond motifs is 1. The van der Waals surface area contributed by atoms with Gasteiger partial charge in [0.05, 0.1) is 34.6 Å². The molecular formula is C21H20N4O3. The average Bonchev–Trinajstić information content (AvgIpc) is 3.25. The highest BCUT2D eigenvalue weighted by Crippen LogP contribution is 2.17. The van der Waals surface area contributed by atoms with E-state index < -0.39 is 5.91 Å². The van der Waals surface area contributed by atoms with E-state index in [1.807, 2.05) is 18.2 Å². The van der Waals surface area contributed by atoms with E-state index in [0.29, 0.717) is 28.8 Å². The van der Waals surface area contributed by atoms with Crippen LogP contribution in [0.1, 0.15) is 33.7 Å². The van der Waals surface area contributed by atoms with Crippen LogP contribution in [0, 0.1) is 0 Å². The number of ether oxygens (including phenoxy) is 1. The first-order chi connectivity index (χ1) is 13.7. The van der Waals surface area contributed by atoms with E-state index in [1.165, 1.54) is 6.20 Å². The van der Waals surface area contributed by atoms with Crippen LogP contribution in [0.15, 0.2) is 54.7 Å². The molecule has 2 aromatic carbocycles. The van der Waals surface area contributed by atoms with Gasteiger partial charge in [-0.3, -0.25) is 14.6 Å². The first-order valence-corrected chi connectivity index (χ1v) is 9.23. The number of hydrogen-bond donors (Lipinski definition) is 2. The molecule has 4 rings (SSSR count). The number of rotatable bonds is 5. The van der Waals surface area contributed by atoms with E-state index in [-0.39, 0.29) is 17.7 Å². The van der Waals surface area contributed by atoms with E-state index in [0.717, 1.165) is 19.4 Å². The van der Waals surface area contributed by atoms with Crippen molar-refractivity contribution in [2.75, 3.05) is 18.5 Å². The third kappa shape index (κ3) is 3.99. The Bertz CT molecular complexity index is 1020. The molecule has 1 aliphatic rings. The molecule has 2 amide bonds. The molecule has 28 heavy (non-hydrogen) atoms. The highest BCUT2D eigenvalue weighted by molar-refractivity contribution is 6.08. The molecule has 2 N–H and O–H groups in total. The third-order valence-electron chi connectivity index (χ3n) is 4.62. The standard InChI is InChI=1S/C21H20N4O3/c26-20(23-12-14-6-5-11-28-14)15-7-1-2-8-16(15)25-21(27)19-13-22-17-9-3-4-10-18(17)24-19/h1-4,7-10,13-14H,5-6,11-12H2,(H,23,26)(H,25,27). The lowest BCUT2D eigenvalue weighted by atomic mass is 10.1. The summed E-state index contributed by atoms with van der Waals surface area (Å²) >= 11 is 0. The summed E-state index contributed by atoms with van der Waals surface area (Å²) in [6.45, 7) is 1.19. The lowest BCUT2D eigenvalue weighted by Gasteiger charge is -2.13. The minimum atomic E-state index is -0.419. The first-order valence-electron chi connectivity index (χ1n) is 9.23. The van der Waals surface area contributed by atoms with Crippen molar-refractivity contribution >= 4 is 28.5 Å². The minimum absolute atomic E-state index is 0.0542. The first kappa shape index (κ1) is 18.1. The molecule has 3 aromatic rings. The van der Waals surface area contributed by atoms with Crippen LogP contribution in [0.4, 0.5) is 5.69 Å². The van der Waals surface area contributed by atoms with Crippen molar-refractivity contribution in [3.05, 3.63) is 66.0 Å². The Kier molecular flexibility index (Phi) is 5.25. The molecule has 1 saturated heterocycles. The number of benzene rings is 2. The summed E-state index contributed by atoms with van der Waals surface area (Å²) in [6, 6.07) is 14.2. The van der Waals surface area contributed by atoms with E-state index in [9.17, 15) is 9.59 Å². The van der Waals surface area contributed by atoms with Gasteiger partial charge < -0.3 is 15.4 Å². The highest BCUT2D eigenvalue weighted by Gasteiger charge is 2.19. The van der Waals surface area contributed by atoms with Crippen molar-refractivity contribution in [2.24, 2.45) is 0 Å². The largest absolute Gasteiger partial charge is 0.376 e. The second-order valence-corrected chi connectivity index (χ2v) is 6.59. The molecule has 2 heterocycles. The number of nitrogens with zero attached hydrogens (tertiary/aromatic N) is 2. The Morgan fingerprint density at radius 3 is 2.64 bits per heavy atom. The van der Waals surface area contributed by atoms with Crippen LogP contribution in [0.5, 0.6) is 0 Å². The van der Waals surface area contributed by atoms with Gasteiger partial charge in [-0.2, -0.15) is 0 Å². The zero-order valence-electron chi connectivity index (χ0n) is 15.2. The Labute approximate surface area is 162 Å². The lowest BCUT2D eigenvalue weighted by molar-refractivity contribution is 0.0858. The second-order valence-electron chi connectivity index (χ2n) is 6.59. The third-order valence-corrected chi connectivity index (χ3v) is 4.62. The maximum atomic E-state index is 12.6. The average molecular weight is 376 g/mol. The molecule has 1 unspecified atom stereocenters. The van der Waals surface area contributed by atoms with Crippen molar-refractivity contribution in [3.63, 3.8) is 0 Å². The van der Waals surface area contributed by atoms with Gasteiger partial charge in [-0.05, 0) is 37.1 Å². The smallest absolute Gasteiger partial charge is 0.275 e. The van der Waals surface area contributed by atoms with Crippen LogP contribution in [-0.2, 0) is 4.74 Å². The van der Waals surface area contributed by atoms with Crippen LogP contribution in [-0.4, -0.2) is 41.0 Å². The Hall–Kier alpha value is -3.32. The van der Waals surface area contributed by atoms with Crippen molar-refractivity contribution in [1.82, 2.24) is 15.3 Å². The zero-order chi connectivity index (χ0) is 19.3. The van der Waals surface area contributed by atoms with Gasteiger partial charge in [-0.25, -0.2) is 4.98 Å². The highest BCUT2D eigenvalue weighted by atomic mass is 16.5. The van der Waals surface area contributed by atoms with Gasteiger partial charge >= 0.3 is 0 Å². The summed E-state index contributed by atoms with van der Waals surface area (Å²) in [7, 11) is 0. The van der Waals surface area contributed by atoms with E-state index in [2.05, 4.69) is 20.6 Å². The van der Waals surface area contributed by atoms with Crippen molar-refractivity contribution in [2.45, 2.75) is 18.9 Å². The quantitative estimate of drug-likeness (QED) is 0.714. The number of anilines is 1. The number of nitrogens with one attached hydrogen (secondary N) is 2. The van der Waals surface area contributed by atoms with Crippen molar-refractivity contribution in [1.29, 1.82) is 0 Å². The van der Waals surface area contributed by atoms with E-state index >= 15 is 0 Å². The van der Waals surface area contributed by atoms with Crippen molar-refractivity contribution < 1.29 is 14.3 Å². The molecule has 1 fully saturated rings. The summed E-state index contributed by atoms with van der Waals surface area (Å²) in [6.07, 6.45) is 3.44. The predicted molar refractivity (Wildman–Crippen MR) is 105 cm³/mol. The molecule has 1 atom stereocenters. The van der Waals surface area contributed by atoms with Gasteiger partial charge in [-0.15, -0.1) is 0 Å². The molecule has 1 aromatic heterocycles. The van der Waals surface area contributed by atoms with Crippen LogP contribution < -0.4 is 10.6 Å². The Morgan fingerprint density at radius 2 is 1.82 bits per heavy atom. The molecule has 7 heteroatoms. The number of aromatic nitrogens is 2. The van der Waals surface area contributed by atoms with Crippen LogP contribution in [0.3, 0.4) is 0 Å². The number of hydrogen-bond acceptors (Lipinski definition) is 5. The zero-order valence-corrected chi connectivity index (χ0v) is 15.2. The van der Waals surface area contributed by atoms with Gasteiger partial charge in [0.15, 0.2) is 0 Å². The fourth-order valence-electron chi connectivity index (χ4n) is 3.15. The van der Waals surface area contributed by atoms with Crippen LogP contribution in [0.2, 0.25) is 0 Å². The van der Waals surface area contributed by atoms with Crippen LogP contribution >= 0.6 is 0 Å². The van der Waals surface area contributed by atoms with Gasteiger partial charge in [-0.1, -0.05) is 24.3 Å². The SMILES string of the molecule is O=C(Nc1ccccc1C(=O)NCC1CCCO1)c1cnc2ccccc2n1. The molecular weight excluding hydrogens is 356 g/mol. The molecule has 0 saturated carbocycles. The van der Waals surface area contributed by atoms with Crippen molar-refractivity contribution in [3.8, 4) is 0 Å². The summed E-state index contributed by atoms with van der Waals surface area (Å²) in [4.78, 5) is 33.8. The monoisotopic (exact) mass is 376 g/mol. The fraction of sp³-hybridized carbons (Fsp3) is 0.238. The van der Waals surface area contributed by atoms with Crippen LogP contribution in [0.25, 0.3) is 11.0 Å². The summed E-state index contributed by atoms with van der Waals surface area (Å²) in [5.74, 6) is -0.673. The summed E-state index contributed by atoms with van der Waals surface area (Å²) in [5, 5.41) is 5.64. The van der Waals surface area contributed by atoms with E-state index in [4.69, 9.17) is 4.74 Å². The summed E-state index contributed by atoms with van der Waals surface area (Å²) < 4.78 is 5.53. The maximum Gasteiger partial charge on any atom is 0.275 e. The molecule has 0 aliphatic carbocycles. The Balaban J connectivity index is 1.49. The van der Waals surface area contributed by atoms with Gasteiger partial charge in [0.2, 0.25) is 0 Å². The molecule has 7 nitrogen and oxygen atoms in total. The Morgan fingerprint density at radius 1 is 1.04 bits per heavy atom. The second kappa shape index (κ2) is 8.14. The number of amides is 2. The van der Waals surface area contributed by atoms with Gasteiger partial charge in [0.1, 0.15) is 5.69 Å². The maximum absolute atomic E-state index is 12.6. The molecule has 1 aliphatic heterocycles. The topological polar surface area (TPSA) is 93.2 Å². The molecule has 0 bridgehead atoms. The molecule has 0 spiro atoms.